The third kappa shape index (κ3) is 5.04. The van der Waals surface area contributed by atoms with Gasteiger partial charge in [0.05, 0.1) is 0 Å². The highest BCUT2D eigenvalue weighted by molar-refractivity contribution is 6.18. The molecule has 0 saturated carbocycles. The Morgan fingerprint density at radius 3 is 1.71 bits per heavy atom. The Balaban J connectivity index is 1.23. The Bertz CT molecular complexity index is 2840. The Labute approximate surface area is 294 Å². The van der Waals surface area contributed by atoms with Gasteiger partial charge in [0.15, 0.2) is 11.2 Å². The van der Waals surface area contributed by atoms with E-state index in [-0.39, 0.29) is 0 Å². The quantitative estimate of drug-likeness (QED) is 0.179. The first-order valence-corrected chi connectivity index (χ1v) is 17.1. The molecule has 0 spiro atoms. The van der Waals surface area contributed by atoms with E-state index >= 15 is 0 Å². The summed E-state index contributed by atoms with van der Waals surface area (Å²) in [6.07, 6.45) is 0. The van der Waals surface area contributed by atoms with Crippen LogP contribution < -0.4 is 4.90 Å². The molecule has 2 aromatic heterocycles. The van der Waals surface area contributed by atoms with Gasteiger partial charge in [-0.3, -0.25) is 0 Å². The molecule has 240 valence electrons. The molecular weight excluding hydrogens is 625 g/mol. The molecule has 0 bridgehead atoms. The number of aromatic nitrogens is 1. The van der Waals surface area contributed by atoms with Gasteiger partial charge in [0.1, 0.15) is 16.8 Å². The second kappa shape index (κ2) is 11.9. The summed E-state index contributed by atoms with van der Waals surface area (Å²) in [6, 6.07) is 63.3. The van der Waals surface area contributed by atoms with E-state index in [4.69, 9.17) is 13.8 Å². The second-order valence-corrected chi connectivity index (χ2v) is 12.8. The summed E-state index contributed by atoms with van der Waals surface area (Å²) in [5.41, 5.74) is 11.4. The Morgan fingerprint density at radius 1 is 0.392 bits per heavy atom. The van der Waals surface area contributed by atoms with E-state index in [1.807, 2.05) is 54.6 Å². The highest BCUT2D eigenvalue weighted by Gasteiger charge is 2.26. The van der Waals surface area contributed by atoms with Crippen molar-refractivity contribution in [2.24, 2.45) is 0 Å². The van der Waals surface area contributed by atoms with Crippen molar-refractivity contribution in [1.29, 1.82) is 0 Å². The smallest absolute Gasteiger partial charge is 0.227 e. The van der Waals surface area contributed by atoms with Crippen molar-refractivity contribution >= 4 is 60.9 Å². The molecule has 0 unspecified atom stereocenters. The van der Waals surface area contributed by atoms with Gasteiger partial charge in [-0.05, 0) is 87.6 Å². The van der Waals surface area contributed by atoms with Crippen molar-refractivity contribution in [3.63, 3.8) is 0 Å². The van der Waals surface area contributed by atoms with Crippen LogP contribution in [0.5, 0.6) is 0 Å². The molecule has 8 aromatic carbocycles. The maximum atomic E-state index is 6.75. The number of furan rings is 1. The van der Waals surface area contributed by atoms with Crippen LogP contribution in [0.2, 0.25) is 0 Å². The number of hydrogen-bond acceptors (Lipinski definition) is 4. The number of hydrogen-bond donors (Lipinski definition) is 0. The topological polar surface area (TPSA) is 42.4 Å². The number of rotatable bonds is 6. The predicted molar refractivity (Wildman–Crippen MR) is 210 cm³/mol. The zero-order valence-corrected chi connectivity index (χ0v) is 27.5. The van der Waals surface area contributed by atoms with E-state index < -0.39 is 0 Å². The van der Waals surface area contributed by atoms with Gasteiger partial charge in [0.25, 0.3) is 0 Å². The summed E-state index contributed by atoms with van der Waals surface area (Å²) in [6.45, 7) is 0. The molecule has 0 saturated heterocycles. The van der Waals surface area contributed by atoms with Crippen molar-refractivity contribution in [1.82, 2.24) is 4.98 Å². The van der Waals surface area contributed by atoms with Gasteiger partial charge in [-0.25, -0.2) is 4.98 Å². The molecule has 0 aliphatic heterocycles. The molecular formula is C47H30N2O2. The largest absolute Gasteiger partial charge is 0.454 e. The Morgan fingerprint density at radius 2 is 0.961 bits per heavy atom. The Kier molecular flexibility index (Phi) is 6.78. The van der Waals surface area contributed by atoms with Gasteiger partial charge in [-0.2, -0.15) is 0 Å². The van der Waals surface area contributed by atoms with Crippen LogP contribution in [0, 0.1) is 0 Å². The van der Waals surface area contributed by atoms with Crippen LogP contribution in [0.4, 0.5) is 17.1 Å². The number of nitrogens with zero attached hydrogens (tertiary/aromatic N) is 2. The van der Waals surface area contributed by atoms with Crippen LogP contribution in [0.25, 0.3) is 77.5 Å². The molecule has 0 aliphatic carbocycles. The van der Waals surface area contributed by atoms with E-state index in [9.17, 15) is 0 Å². The molecule has 0 N–H and O–H groups in total. The zero-order chi connectivity index (χ0) is 33.7. The van der Waals surface area contributed by atoms with Gasteiger partial charge < -0.3 is 13.7 Å². The van der Waals surface area contributed by atoms with Gasteiger partial charge in [-0.15, -0.1) is 0 Å². The van der Waals surface area contributed by atoms with Crippen LogP contribution in [0.15, 0.2) is 191 Å². The molecule has 10 aromatic rings. The van der Waals surface area contributed by atoms with Gasteiger partial charge >= 0.3 is 0 Å². The van der Waals surface area contributed by atoms with Crippen LogP contribution in [0.3, 0.4) is 0 Å². The number of anilines is 3. The predicted octanol–water partition coefficient (Wildman–Crippen LogP) is 13.4. The minimum atomic E-state index is 0.565. The second-order valence-electron chi connectivity index (χ2n) is 12.8. The standard InChI is InChI=1S/C47H30N2O2/c1-4-12-31(13-5-1)33-22-25-38(26-23-33)49(39-27-24-36-28-35(20-21-37(36)29-39)32-14-6-2-7-15-32)45-44-43(51-47(48-44)34-16-8-3-9-17-34)30-41-40-18-10-11-19-42(40)50-46(41)45/h1-30H. The summed E-state index contributed by atoms with van der Waals surface area (Å²) in [4.78, 5) is 7.45. The van der Waals surface area contributed by atoms with Gasteiger partial charge in [-0.1, -0.05) is 127 Å². The van der Waals surface area contributed by atoms with Crippen LogP contribution >= 0.6 is 0 Å². The summed E-state index contributed by atoms with van der Waals surface area (Å²) >= 11 is 0. The van der Waals surface area contributed by atoms with E-state index in [0.29, 0.717) is 11.5 Å². The minimum Gasteiger partial charge on any atom is -0.454 e. The van der Waals surface area contributed by atoms with E-state index in [1.165, 1.54) is 22.1 Å². The molecule has 0 aliphatic rings. The molecule has 4 nitrogen and oxygen atoms in total. The number of oxazole rings is 1. The van der Waals surface area contributed by atoms with Crippen LogP contribution in [0.1, 0.15) is 0 Å². The highest BCUT2D eigenvalue weighted by atomic mass is 16.4. The first kappa shape index (κ1) is 29.0. The lowest BCUT2D eigenvalue weighted by Crippen LogP contribution is -2.11. The fourth-order valence-electron chi connectivity index (χ4n) is 7.16. The summed E-state index contributed by atoms with van der Waals surface area (Å²) in [7, 11) is 0. The van der Waals surface area contributed by atoms with Crippen molar-refractivity contribution < 1.29 is 8.83 Å². The molecule has 0 atom stereocenters. The maximum Gasteiger partial charge on any atom is 0.227 e. The maximum absolute atomic E-state index is 6.75. The van der Waals surface area contributed by atoms with E-state index in [1.54, 1.807) is 0 Å². The summed E-state index contributed by atoms with van der Waals surface area (Å²) < 4.78 is 13.3. The number of para-hydroxylation sites is 1. The lowest BCUT2D eigenvalue weighted by Gasteiger charge is -2.26. The first-order chi connectivity index (χ1) is 25.3. The van der Waals surface area contributed by atoms with Crippen LogP contribution in [-0.4, -0.2) is 4.98 Å². The third-order valence-electron chi connectivity index (χ3n) is 9.67. The minimum absolute atomic E-state index is 0.565. The van der Waals surface area contributed by atoms with Crippen molar-refractivity contribution in [3.8, 4) is 33.7 Å². The fraction of sp³-hybridized carbons (Fsp3) is 0. The summed E-state index contributed by atoms with van der Waals surface area (Å²) in [5.74, 6) is 0.565. The summed E-state index contributed by atoms with van der Waals surface area (Å²) in [5, 5.41) is 4.30. The normalized spacial score (nSPS) is 11.5. The van der Waals surface area contributed by atoms with Crippen LogP contribution in [-0.2, 0) is 0 Å². The molecule has 51 heavy (non-hydrogen) atoms. The molecule has 2 heterocycles. The number of benzene rings is 8. The van der Waals surface area contributed by atoms with Crippen molar-refractivity contribution in [2.75, 3.05) is 4.90 Å². The molecule has 4 heteroatoms. The van der Waals surface area contributed by atoms with E-state index in [0.717, 1.165) is 61.0 Å². The lowest BCUT2D eigenvalue weighted by atomic mass is 10.0. The molecule has 10 rings (SSSR count). The molecule has 0 radical (unpaired) electrons. The zero-order valence-electron chi connectivity index (χ0n) is 27.5. The lowest BCUT2D eigenvalue weighted by molar-refractivity contribution is 0.620. The molecule has 0 amide bonds. The first-order valence-electron chi connectivity index (χ1n) is 17.1. The number of fused-ring (bicyclic) bond motifs is 5. The monoisotopic (exact) mass is 654 g/mol. The Hall–Kier alpha value is -6.91. The third-order valence-corrected chi connectivity index (χ3v) is 9.67. The average molecular weight is 655 g/mol. The van der Waals surface area contributed by atoms with E-state index in [2.05, 4.69) is 132 Å². The fourth-order valence-corrected chi connectivity index (χ4v) is 7.16. The highest BCUT2D eigenvalue weighted by Crippen LogP contribution is 2.47. The molecule has 0 fully saturated rings. The van der Waals surface area contributed by atoms with Crippen molar-refractivity contribution in [3.05, 3.63) is 182 Å². The van der Waals surface area contributed by atoms with Gasteiger partial charge in [0.2, 0.25) is 5.89 Å². The van der Waals surface area contributed by atoms with Gasteiger partial charge in [0, 0.05) is 27.7 Å². The average Bonchev–Trinajstić information content (AvgIpc) is 3.81. The van der Waals surface area contributed by atoms with Crippen molar-refractivity contribution in [2.45, 2.75) is 0 Å². The SMILES string of the molecule is c1ccc(-c2ccc(N(c3ccc4cc(-c5ccccc5)ccc4c3)c3c4nc(-c5ccccc5)oc4cc4c3oc3ccccc34)cc2)cc1.